The van der Waals surface area contributed by atoms with Crippen LogP contribution in [0.4, 0.5) is 0 Å². The Bertz CT molecular complexity index is 537. The van der Waals surface area contributed by atoms with Gasteiger partial charge in [-0.1, -0.05) is 149 Å². The highest BCUT2D eigenvalue weighted by Crippen LogP contribution is 2.15. The Morgan fingerprint density at radius 3 is 1.29 bits per heavy atom. The van der Waals surface area contributed by atoms with Gasteiger partial charge in [-0.05, 0) is 12.8 Å². The molecule has 0 N–H and O–H groups in total. The van der Waals surface area contributed by atoms with Gasteiger partial charge in [0.2, 0.25) is 0 Å². The van der Waals surface area contributed by atoms with Crippen LogP contribution in [-0.4, -0.2) is 56.8 Å². The van der Waals surface area contributed by atoms with Gasteiger partial charge >= 0.3 is 11.9 Å². The lowest BCUT2D eigenvalue weighted by Gasteiger charge is -2.28. The van der Waals surface area contributed by atoms with E-state index in [9.17, 15) is 9.59 Å². The molecule has 0 saturated heterocycles. The van der Waals surface area contributed by atoms with Crippen molar-refractivity contribution in [2.45, 2.75) is 180 Å². The number of esters is 2. The summed E-state index contributed by atoms with van der Waals surface area (Å²) in [5, 5.41) is 0. The van der Waals surface area contributed by atoms with E-state index in [1.54, 1.807) is 0 Å². The van der Waals surface area contributed by atoms with E-state index in [-0.39, 0.29) is 30.8 Å². The molecule has 0 saturated carbocycles. The van der Waals surface area contributed by atoms with Crippen molar-refractivity contribution in [3.05, 3.63) is 0 Å². The van der Waals surface area contributed by atoms with Gasteiger partial charge in [0.05, 0.1) is 34.2 Å². The molecule has 6 heteroatoms. The summed E-state index contributed by atoms with van der Waals surface area (Å²) in [6, 6.07) is 0. The number of unbranched alkanes of at least 4 members (excludes halogenated alkanes) is 21. The molecule has 0 aromatic rings. The van der Waals surface area contributed by atoms with Gasteiger partial charge < -0.3 is 26.4 Å². The van der Waals surface area contributed by atoms with Crippen LogP contribution in [0.25, 0.3) is 0 Å². The van der Waals surface area contributed by atoms with Crippen molar-refractivity contribution in [3.63, 3.8) is 0 Å². The molecule has 0 heterocycles. The minimum absolute atomic E-state index is 0. The molecule has 246 valence electrons. The van der Waals surface area contributed by atoms with Crippen molar-refractivity contribution < 1.29 is 36.0 Å². The zero-order valence-electron chi connectivity index (χ0n) is 28.1. The van der Waals surface area contributed by atoms with Gasteiger partial charge in [-0.15, -0.1) is 0 Å². The number of quaternary nitrogens is 1. The van der Waals surface area contributed by atoms with E-state index in [1.165, 1.54) is 122 Å². The summed E-state index contributed by atoms with van der Waals surface area (Å²) < 4.78 is 11.9. The number of halogens is 1. The van der Waals surface area contributed by atoms with E-state index in [1.807, 2.05) is 0 Å². The SMILES string of the molecule is CCCCCCCCCCCCCCC(=O)O[C@@H](CC(=O)OCCCCCCCCCCCCC)C[N+](C)(C)C.[Cl-]. The number of ether oxygens (including phenoxy) is 2. The van der Waals surface area contributed by atoms with E-state index < -0.39 is 6.10 Å². The predicted molar refractivity (Wildman–Crippen MR) is 171 cm³/mol. The fraction of sp³-hybridized carbons (Fsp3) is 0.943. The van der Waals surface area contributed by atoms with E-state index in [4.69, 9.17) is 9.47 Å². The molecular weight excluding hydrogens is 534 g/mol. The second kappa shape index (κ2) is 30.6. The van der Waals surface area contributed by atoms with Crippen LogP contribution < -0.4 is 12.4 Å². The van der Waals surface area contributed by atoms with Crippen molar-refractivity contribution >= 4 is 11.9 Å². The van der Waals surface area contributed by atoms with Crippen molar-refractivity contribution in [3.8, 4) is 0 Å². The summed E-state index contributed by atoms with van der Waals surface area (Å²) in [6.07, 6.45) is 29.5. The Hall–Kier alpha value is -0.810. The summed E-state index contributed by atoms with van der Waals surface area (Å²) in [6.45, 7) is 5.61. The Balaban J connectivity index is 0. The Labute approximate surface area is 262 Å². The smallest absolute Gasteiger partial charge is 0.309 e. The third-order valence-electron chi connectivity index (χ3n) is 7.69. The van der Waals surface area contributed by atoms with Gasteiger partial charge in [0, 0.05) is 6.42 Å². The zero-order chi connectivity index (χ0) is 29.7. The Morgan fingerprint density at radius 1 is 0.537 bits per heavy atom. The first-order valence-electron chi connectivity index (χ1n) is 17.4. The quantitative estimate of drug-likeness (QED) is 0.0507. The van der Waals surface area contributed by atoms with Crippen LogP contribution in [0.3, 0.4) is 0 Å². The maximum atomic E-state index is 12.5. The molecule has 0 fully saturated rings. The van der Waals surface area contributed by atoms with E-state index in [0.717, 1.165) is 25.7 Å². The number of carbonyl (C=O) groups is 2. The number of hydrogen-bond acceptors (Lipinski definition) is 4. The highest BCUT2D eigenvalue weighted by molar-refractivity contribution is 5.72. The molecule has 0 aliphatic carbocycles. The molecule has 0 radical (unpaired) electrons. The number of hydrogen-bond donors (Lipinski definition) is 0. The third-order valence-corrected chi connectivity index (χ3v) is 7.69. The maximum absolute atomic E-state index is 12.5. The standard InChI is InChI=1S/C35H70NO4.ClH/c1-6-8-10-12-14-16-18-19-21-23-25-27-29-34(37)40-33(32-36(3,4)5)31-35(38)39-30-28-26-24-22-20-17-15-13-11-9-7-2;/h33H,6-32H2,1-5H3;1H/q+1;/p-1/t33-;/m0./s1. The molecule has 0 unspecified atom stereocenters. The topological polar surface area (TPSA) is 52.6 Å². The molecular formula is C35H70ClNO4. The van der Waals surface area contributed by atoms with Crippen LogP contribution in [-0.2, 0) is 19.1 Å². The molecule has 0 rings (SSSR count). The Kier molecular flexibility index (Phi) is 31.6. The molecule has 0 amide bonds. The van der Waals surface area contributed by atoms with Gasteiger partial charge in [-0.25, -0.2) is 0 Å². The lowest BCUT2D eigenvalue weighted by molar-refractivity contribution is -0.873. The summed E-state index contributed by atoms with van der Waals surface area (Å²) in [4.78, 5) is 24.9. The van der Waals surface area contributed by atoms with Crippen LogP contribution in [0.15, 0.2) is 0 Å². The van der Waals surface area contributed by atoms with Crippen LogP contribution in [0.2, 0.25) is 0 Å². The van der Waals surface area contributed by atoms with Crippen LogP contribution in [0.1, 0.15) is 174 Å². The molecule has 1 atom stereocenters. The van der Waals surface area contributed by atoms with Gasteiger partial charge in [-0.3, -0.25) is 9.59 Å². The first kappa shape index (κ1) is 42.3. The van der Waals surface area contributed by atoms with Crippen molar-refractivity contribution in [2.24, 2.45) is 0 Å². The first-order valence-corrected chi connectivity index (χ1v) is 17.4. The van der Waals surface area contributed by atoms with Crippen LogP contribution in [0.5, 0.6) is 0 Å². The lowest BCUT2D eigenvalue weighted by atomic mass is 10.0. The molecule has 0 aromatic carbocycles. The minimum atomic E-state index is -0.422. The summed E-state index contributed by atoms with van der Waals surface area (Å²) >= 11 is 0. The van der Waals surface area contributed by atoms with Crippen molar-refractivity contribution in [1.82, 2.24) is 0 Å². The monoisotopic (exact) mass is 603 g/mol. The van der Waals surface area contributed by atoms with Gasteiger partial charge in [0.1, 0.15) is 6.54 Å². The highest BCUT2D eigenvalue weighted by Gasteiger charge is 2.25. The lowest BCUT2D eigenvalue weighted by Crippen LogP contribution is -3.00. The van der Waals surface area contributed by atoms with E-state index >= 15 is 0 Å². The minimum Gasteiger partial charge on any atom is -1.00 e. The van der Waals surface area contributed by atoms with Crippen molar-refractivity contribution in [1.29, 1.82) is 0 Å². The molecule has 0 aliphatic heterocycles. The van der Waals surface area contributed by atoms with Gasteiger partial charge in [0.25, 0.3) is 0 Å². The molecule has 0 aromatic heterocycles. The largest absolute Gasteiger partial charge is 1.00 e. The molecule has 0 bridgehead atoms. The van der Waals surface area contributed by atoms with Crippen LogP contribution >= 0.6 is 0 Å². The highest BCUT2D eigenvalue weighted by atomic mass is 35.5. The fourth-order valence-corrected chi connectivity index (χ4v) is 5.31. The summed E-state index contributed by atoms with van der Waals surface area (Å²) in [5.74, 6) is -0.424. The van der Waals surface area contributed by atoms with Gasteiger partial charge in [0.15, 0.2) is 6.10 Å². The summed E-state index contributed by atoms with van der Waals surface area (Å²) in [5.41, 5.74) is 0. The number of carbonyl (C=O) groups excluding carboxylic acids is 2. The zero-order valence-corrected chi connectivity index (χ0v) is 28.9. The first-order chi connectivity index (χ1) is 19.3. The second-order valence-corrected chi connectivity index (χ2v) is 13.2. The van der Waals surface area contributed by atoms with E-state index in [0.29, 0.717) is 24.1 Å². The number of rotatable bonds is 30. The second-order valence-electron chi connectivity index (χ2n) is 13.2. The maximum Gasteiger partial charge on any atom is 0.309 e. The Morgan fingerprint density at radius 2 is 0.902 bits per heavy atom. The normalized spacial score (nSPS) is 12.1. The molecule has 5 nitrogen and oxygen atoms in total. The molecule has 0 aliphatic rings. The van der Waals surface area contributed by atoms with Crippen LogP contribution in [0, 0.1) is 0 Å². The number of nitrogens with zero attached hydrogens (tertiary/aromatic N) is 1. The predicted octanol–water partition coefficient (Wildman–Crippen LogP) is 6.94. The number of likely N-dealkylation sites (N-methyl/N-ethyl adjacent to an activating group) is 1. The third kappa shape index (κ3) is 33.6. The van der Waals surface area contributed by atoms with Gasteiger partial charge in [-0.2, -0.15) is 0 Å². The average molecular weight is 604 g/mol. The van der Waals surface area contributed by atoms with Crippen molar-refractivity contribution in [2.75, 3.05) is 34.3 Å². The fourth-order valence-electron chi connectivity index (χ4n) is 5.31. The van der Waals surface area contributed by atoms with E-state index in [2.05, 4.69) is 35.0 Å². The molecule has 0 spiro atoms. The molecule has 41 heavy (non-hydrogen) atoms. The average Bonchev–Trinajstić information content (AvgIpc) is 2.89. The summed E-state index contributed by atoms with van der Waals surface area (Å²) in [7, 11) is 6.17.